The molecular weight excluding hydrogens is 366 g/mol. The van der Waals surface area contributed by atoms with Gasteiger partial charge in [0.25, 0.3) is 0 Å². The van der Waals surface area contributed by atoms with Gasteiger partial charge in [-0.1, -0.05) is 38.9 Å². The van der Waals surface area contributed by atoms with Crippen LogP contribution >= 0.6 is 0 Å². The van der Waals surface area contributed by atoms with E-state index in [4.69, 9.17) is 4.52 Å². The molecule has 1 aromatic heterocycles. The number of nitrogens with one attached hydrogen (secondary N) is 1. The van der Waals surface area contributed by atoms with Gasteiger partial charge in [0.2, 0.25) is 0 Å². The number of rotatable bonds is 3. The maximum absolute atomic E-state index is 12.7. The number of anilines is 1. The van der Waals surface area contributed by atoms with Gasteiger partial charge in [0.15, 0.2) is 5.82 Å². The fourth-order valence-electron chi connectivity index (χ4n) is 3.85. The Morgan fingerprint density at radius 1 is 1.34 bits per heavy atom. The van der Waals surface area contributed by atoms with Crippen molar-refractivity contribution in [2.45, 2.75) is 52.0 Å². The second kappa shape index (κ2) is 8.83. The normalized spacial score (nSPS) is 23.3. The van der Waals surface area contributed by atoms with Gasteiger partial charge in [-0.2, -0.15) is 5.26 Å². The van der Waals surface area contributed by atoms with Crippen LogP contribution in [-0.2, 0) is 5.41 Å². The van der Waals surface area contributed by atoms with Gasteiger partial charge in [0.05, 0.1) is 6.07 Å². The molecule has 2 unspecified atom stereocenters. The largest absolute Gasteiger partial charge is 0.359 e. The van der Waals surface area contributed by atoms with E-state index >= 15 is 0 Å². The van der Waals surface area contributed by atoms with Crippen LogP contribution in [0.3, 0.4) is 0 Å². The first-order valence-electron chi connectivity index (χ1n) is 10.4. The molecule has 1 fully saturated rings. The average Bonchev–Trinajstić information content (AvgIpc) is 3.03. The fourth-order valence-corrected chi connectivity index (χ4v) is 3.85. The Bertz CT molecular complexity index is 827. The minimum absolute atomic E-state index is 0.149. The van der Waals surface area contributed by atoms with E-state index in [0.717, 1.165) is 37.3 Å². The second-order valence-corrected chi connectivity index (χ2v) is 8.79. The molecule has 0 radical (unpaired) electrons. The minimum Gasteiger partial charge on any atom is -0.359 e. The lowest BCUT2D eigenvalue weighted by Gasteiger charge is -2.34. The molecule has 1 aliphatic heterocycles. The maximum atomic E-state index is 12.7. The van der Waals surface area contributed by atoms with Gasteiger partial charge in [0, 0.05) is 49.3 Å². The summed E-state index contributed by atoms with van der Waals surface area (Å²) in [6.45, 7) is 11.3. The predicted molar refractivity (Wildman–Crippen MR) is 112 cm³/mol. The van der Waals surface area contributed by atoms with Crippen LogP contribution in [0.2, 0.25) is 0 Å². The van der Waals surface area contributed by atoms with Gasteiger partial charge in [-0.25, -0.2) is 4.79 Å². The van der Waals surface area contributed by atoms with Crippen LogP contribution in [-0.4, -0.2) is 53.2 Å². The molecular formula is C22H31N5O2. The van der Waals surface area contributed by atoms with E-state index in [-0.39, 0.29) is 17.5 Å². The highest BCUT2D eigenvalue weighted by Crippen LogP contribution is 2.26. The summed E-state index contributed by atoms with van der Waals surface area (Å²) in [5.74, 6) is 1.59. The van der Waals surface area contributed by atoms with E-state index in [9.17, 15) is 10.1 Å². The van der Waals surface area contributed by atoms with Crippen LogP contribution in [0.1, 0.15) is 46.3 Å². The smallest absolute Gasteiger partial charge is 0.323 e. The summed E-state index contributed by atoms with van der Waals surface area (Å²) in [5.41, 5.74) is 0.568. The molecule has 0 bridgehead atoms. The summed E-state index contributed by atoms with van der Waals surface area (Å²) in [5, 5.41) is 16.1. The minimum atomic E-state index is -0.154. The molecule has 1 aliphatic carbocycles. The number of amides is 2. The molecule has 2 heterocycles. The number of carbonyl (C=O) groups excluding carboxylic acids is 1. The summed E-state index contributed by atoms with van der Waals surface area (Å²) in [6.07, 6.45) is 8.07. The van der Waals surface area contributed by atoms with Crippen molar-refractivity contribution >= 4 is 11.8 Å². The molecule has 2 amide bonds. The zero-order chi connectivity index (χ0) is 21.0. The number of carbonyl (C=O) groups is 1. The molecule has 7 nitrogen and oxygen atoms in total. The first kappa shape index (κ1) is 21.1. The lowest BCUT2D eigenvalue weighted by atomic mass is 9.88. The molecule has 0 spiro atoms. The highest BCUT2D eigenvalue weighted by molar-refractivity contribution is 5.88. The van der Waals surface area contributed by atoms with Crippen LogP contribution in [0, 0.1) is 17.2 Å². The standard InChI is InChI=1S/C22H31N5O2/c1-5-17-8-7-16(15-23)13-18(17)26-9-6-10-27(12-11-26)21(28)24-20-14-19(29-25-20)22(2,3)4/h7-8,13-14,17-18H,5-6,9-12H2,1-4H3,(H,24,25,28). The molecule has 29 heavy (non-hydrogen) atoms. The molecule has 0 aromatic carbocycles. The van der Waals surface area contributed by atoms with Crippen molar-refractivity contribution in [1.82, 2.24) is 15.0 Å². The monoisotopic (exact) mass is 397 g/mol. The molecule has 2 aliphatic rings. The first-order valence-corrected chi connectivity index (χ1v) is 10.4. The molecule has 3 rings (SSSR count). The summed E-state index contributed by atoms with van der Waals surface area (Å²) in [6, 6.07) is 4.11. The Kier molecular flexibility index (Phi) is 6.43. The number of hydrogen-bond acceptors (Lipinski definition) is 5. The Morgan fingerprint density at radius 2 is 2.14 bits per heavy atom. The number of nitriles is 1. The average molecular weight is 398 g/mol. The van der Waals surface area contributed by atoms with Crippen molar-refractivity contribution in [1.29, 1.82) is 5.26 Å². The number of hydrogen-bond donors (Lipinski definition) is 1. The lowest BCUT2D eigenvalue weighted by Crippen LogP contribution is -2.43. The van der Waals surface area contributed by atoms with E-state index in [1.54, 1.807) is 6.07 Å². The SMILES string of the molecule is CCC1C=CC(C#N)=CC1N1CCCN(C(=O)Nc2cc(C(C)(C)C)on2)CC1. The molecule has 156 valence electrons. The molecule has 1 aromatic rings. The highest BCUT2D eigenvalue weighted by atomic mass is 16.5. The van der Waals surface area contributed by atoms with Crippen LogP contribution < -0.4 is 5.32 Å². The maximum Gasteiger partial charge on any atom is 0.323 e. The van der Waals surface area contributed by atoms with E-state index in [2.05, 4.69) is 40.5 Å². The van der Waals surface area contributed by atoms with Crippen molar-refractivity contribution in [2.75, 3.05) is 31.5 Å². The molecule has 1 saturated heterocycles. The third-order valence-corrected chi connectivity index (χ3v) is 5.64. The van der Waals surface area contributed by atoms with E-state index < -0.39 is 0 Å². The quantitative estimate of drug-likeness (QED) is 0.835. The van der Waals surface area contributed by atoms with E-state index in [1.165, 1.54) is 0 Å². The fraction of sp³-hybridized carbons (Fsp3) is 0.591. The van der Waals surface area contributed by atoms with Gasteiger partial charge in [-0.15, -0.1) is 0 Å². The van der Waals surface area contributed by atoms with Gasteiger partial charge in [-0.3, -0.25) is 10.2 Å². The molecule has 7 heteroatoms. The third kappa shape index (κ3) is 5.07. The molecule has 0 saturated carbocycles. The number of urea groups is 1. The number of allylic oxidation sites excluding steroid dienone is 2. The highest BCUT2D eigenvalue weighted by Gasteiger charge is 2.29. The first-order chi connectivity index (χ1) is 13.8. The zero-order valence-electron chi connectivity index (χ0n) is 17.8. The predicted octanol–water partition coefficient (Wildman–Crippen LogP) is 3.93. The van der Waals surface area contributed by atoms with Crippen molar-refractivity contribution in [3.8, 4) is 6.07 Å². The van der Waals surface area contributed by atoms with E-state index in [1.807, 2.05) is 31.7 Å². The van der Waals surface area contributed by atoms with E-state index in [0.29, 0.717) is 24.8 Å². The lowest BCUT2D eigenvalue weighted by molar-refractivity contribution is 0.189. The third-order valence-electron chi connectivity index (χ3n) is 5.64. The second-order valence-electron chi connectivity index (χ2n) is 8.79. The summed E-state index contributed by atoms with van der Waals surface area (Å²) < 4.78 is 5.35. The van der Waals surface area contributed by atoms with Crippen LogP contribution in [0.15, 0.2) is 34.4 Å². The van der Waals surface area contributed by atoms with Gasteiger partial charge >= 0.3 is 6.03 Å². The Morgan fingerprint density at radius 3 is 2.79 bits per heavy atom. The molecule has 1 N–H and O–H groups in total. The van der Waals surface area contributed by atoms with Crippen molar-refractivity contribution < 1.29 is 9.32 Å². The van der Waals surface area contributed by atoms with Crippen molar-refractivity contribution in [2.24, 2.45) is 5.92 Å². The van der Waals surface area contributed by atoms with Gasteiger partial charge < -0.3 is 9.42 Å². The number of nitrogens with zero attached hydrogens (tertiary/aromatic N) is 4. The summed E-state index contributed by atoms with van der Waals surface area (Å²) in [4.78, 5) is 17.0. The van der Waals surface area contributed by atoms with Crippen LogP contribution in [0.25, 0.3) is 0 Å². The van der Waals surface area contributed by atoms with Crippen LogP contribution in [0.4, 0.5) is 10.6 Å². The Balaban J connectivity index is 1.61. The van der Waals surface area contributed by atoms with Crippen molar-refractivity contribution in [3.05, 3.63) is 35.6 Å². The zero-order valence-corrected chi connectivity index (χ0v) is 17.8. The van der Waals surface area contributed by atoms with Crippen molar-refractivity contribution in [3.63, 3.8) is 0 Å². The van der Waals surface area contributed by atoms with Gasteiger partial charge in [-0.05, 0) is 30.9 Å². The Hall–Kier alpha value is -2.59. The van der Waals surface area contributed by atoms with Crippen LogP contribution in [0.5, 0.6) is 0 Å². The topological polar surface area (TPSA) is 85.4 Å². The van der Waals surface area contributed by atoms with Gasteiger partial charge in [0.1, 0.15) is 5.76 Å². The summed E-state index contributed by atoms with van der Waals surface area (Å²) in [7, 11) is 0. The number of aromatic nitrogens is 1. The Labute approximate surface area is 173 Å². The molecule has 2 atom stereocenters. The summed E-state index contributed by atoms with van der Waals surface area (Å²) >= 11 is 0.